The van der Waals surface area contributed by atoms with Crippen LogP contribution < -0.4 is 10.1 Å². The van der Waals surface area contributed by atoms with Gasteiger partial charge in [-0.25, -0.2) is 0 Å². The fourth-order valence-electron chi connectivity index (χ4n) is 1.65. The maximum atomic E-state index is 12.3. The third kappa shape index (κ3) is 5.12. The van der Waals surface area contributed by atoms with Crippen LogP contribution in [0.5, 0.6) is 5.75 Å². The van der Waals surface area contributed by atoms with Gasteiger partial charge in [0.05, 0.1) is 5.60 Å². The highest BCUT2D eigenvalue weighted by atomic mass is 19.3. The third-order valence-corrected chi connectivity index (χ3v) is 3.15. The quantitative estimate of drug-likeness (QED) is 0.802. The van der Waals surface area contributed by atoms with Crippen molar-refractivity contribution < 1.29 is 18.6 Å². The van der Waals surface area contributed by atoms with E-state index < -0.39 is 12.2 Å². The fourth-order valence-corrected chi connectivity index (χ4v) is 1.65. The summed E-state index contributed by atoms with van der Waals surface area (Å²) in [7, 11) is 0. The van der Waals surface area contributed by atoms with Gasteiger partial charge in [-0.15, -0.1) is 0 Å². The van der Waals surface area contributed by atoms with Crippen LogP contribution >= 0.6 is 0 Å². The molecule has 0 aliphatic rings. The zero-order valence-corrected chi connectivity index (χ0v) is 11.5. The van der Waals surface area contributed by atoms with Crippen molar-refractivity contribution in [3.05, 3.63) is 29.8 Å². The summed E-state index contributed by atoms with van der Waals surface area (Å²) < 4.78 is 29.1. The molecule has 19 heavy (non-hydrogen) atoms. The molecule has 0 aliphatic carbocycles. The lowest BCUT2D eigenvalue weighted by atomic mass is 10.0. The van der Waals surface area contributed by atoms with Gasteiger partial charge < -0.3 is 15.2 Å². The van der Waals surface area contributed by atoms with Gasteiger partial charge in [0, 0.05) is 18.2 Å². The van der Waals surface area contributed by atoms with Crippen LogP contribution in [0.25, 0.3) is 0 Å². The normalized spacial score (nSPS) is 16.2. The number of alkyl halides is 2. The number of aliphatic hydroxyl groups is 1. The Morgan fingerprint density at radius 1 is 1.37 bits per heavy atom. The van der Waals surface area contributed by atoms with Crippen molar-refractivity contribution in [2.75, 3.05) is 6.54 Å². The average molecular weight is 273 g/mol. The number of halogens is 2. The van der Waals surface area contributed by atoms with Gasteiger partial charge in [-0.3, -0.25) is 0 Å². The first-order valence-electron chi connectivity index (χ1n) is 6.35. The number of rotatable bonds is 7. The van der Waals surface area contributed by atoms with E-state index in [4.69, 9.17) is 0 Å². The van der Waals surface area contributed by atoms with E-state index in [1.165, 1.54) is 6.07 Å². The van der Waals surface area contributed by atoms with Crippen molar-refractivity contribution in [1.29, 1.82) is 0 Å². The molecule has 0 saturated carbocycles. The number of hydrogen-bond donors (Lipinski definition) is 2. The first-order valence-corrected chi connectivity index (χ1v) is 6.35. The van der Waals surface area contributed by atoms with Crippen molar-refractivity contribution in [2.24, 2.45) is 0 Å². The molecule has 0 aliphatic heterocycles. The second-order valence-electron chi connectivity index (χ2n) is 4.87. The maximum Gasteiger partial charge on any atom is 0.387 e. The molecule has 108 valence electrons. The monoisotopic (exact) mass is 273 g/mol. The van der Waals surface area contributed by atoms with E-state index >= 15 is 0 Å². The minimum absolute atomic E-state index is 0.161. The standard InChI is InChI=1S/C14H21F2NO2/c1-4-14(3,18)9-17-10(2)11-7-5-6-8-12(11)19-13(15)16/h5-8,10,13,17-18H,4,9H2,1-3H3. The Morgan fingerprint density at radius 3 is 2.58 bits per heavy atom. The summed E-state index contributed by atoms with van der Waals surface area (Å²) in [5.74, 6) is 0.161. The molecule has 0 heterocycles. The zero-order valence-electron chi connectivity index (χ0n) is 11.5. The van der Waals surface area contributed by atoms with Crippen LogP contribution in [0.2, 0.25) is 0 Å². The molecule has 0 radical (unpaired) electrons. The summed E-state index contributed by atoms with van der Waals surface area (Å²) in [4.78, 5) is 0. The SMILES string of the molecule is CCC(C)(O)CNC(C)c1ccccc1OC(F)F. The lowest BCUT2D eigenvalue weighted by molar-refractivity contribution is -0.0507. The Bertz CT molecular complexity index is 397. The number of ether oxygens (including phenoxy) is 1. The summed E-state index contributed by atoms with van der Waals surface area (Å²) in [5.41, 5.74) is -0.165. The maximum absolute atomic E-state index is 12.3. The van der Waals surface area contributed by atoms with E-state index in [2.05, 4.69) is 10.1 Å². The Kier molecular flexibility index (Phi) is 5.69. The molecule has 0 bridgehead atoms. The van der Waals surface area contributed by atoms with Gasteiger partial charge in [-0.1, -0.05) is 25.1 Å². The van der Waals surface area contributed by atoms with Gasteiger partial charge in [-0.05, 0) is 26.3 Å². The fraction of sp³-hybridized carbons (Fsp3) is 0.571. The molecule has 1 aromatic rings. The number of hydrogen-bond acceptors (Lipinski definition) is 3. The highest BCUT2D eigenvalue weighted by Crippen LogP contribution is 2.26. The number of benzene rings is 1. The summed E-state index contributed by atoms with van der Waals surface area (Å²) in [6.45, 7) is 3.01. The van der Waals surface area contributed by atoms with Crippen LogP contribution in [0.15, 0.2) is 24.3 Å². The minimum atomic E-state index is -2.84. The van der Waals surface area contributed by atoms with E-state index in [-0.39, 0.29) is 11.8 Å². The van der Waals surface area contributed by atoms with Crippen LogP contribution in [0.3, 0.4) is 0 Å². The first-order chi connectivity index (χ1) is 8.85. The van der Waals surface area contributed by atoms with Gasteiger partial charge in [-0.2, -0.15) is 8.78 Å². The minimum Gasteiger partial charge on any atom is -0.434 e. The zero-order chi connectivity index (χ0) is 14.5. The number of nitrogens with one attached hydrogen (secondary N) is 1. The largest absolute Gasteiger partial charge is 0.434 e. The second-order valence-corrected chi connectivity index (χ2v) is 4.87. The molecule has 2 N–H and O–H groups in total. The molecule has 0 spiro atoms. The molecule has 1 aromatic carbocycles. The summed E-state index contributed by atoms with van der Waals surface area (Å²) >= 11 is 0. The Balaban J connectivity index is 2.73. The lowest BCUT2D eigenvalue weighted by Gasteiger charge is -2.25. The lowest BCUT2D eigenvalue weighted by Crippen LogP contribution is -2.38. The molecule has 0 saturated heterocycles. The molecular formula is C14H21F2NO2. The van der Waals surface area contributed by atoms with Crippen molar-refractivity contribution in [3.8, 4) is 5.75 Å². The van der Waals surface area contributed by atoms with E-state index in [0.717, 1.165) is 0 Å². The van der Waals surface area contributed by atoms with E-state index in [9.17, 15) is 13.9 Å². The molecule has 0 amide bonds. The van der Waals surface area contributed by atoms with Crippen molar-refractivity contribution in [3.63, 3.8) is 0 Å². The van der Waals surface area contributed by atoms with Gasteiger partial charge in [0.2, 0.25) is 0 Å². The molecule has 0 aromatic heterocycles. The van der Waals surface area contributed by atoms with Crippen LogP contribution in [-0.4, -0.2) is 23.9 Å². The molecule has 1 rings (SSSR count). The topological polar surface area (TPSA) is 41.5 Å². The molecule has 5 heteroatoms. The van der Waals surface area contributed by atoms with Crippen molar-refractivity contribution in [1.82, 2.24) is 5.32 Å². The molecular weight excluding hydrogens is 252 g/mol. The van der Waals surface area contributed by atoms with Gasteiger partial charge in [0.15, 0.2) is 0 Å². The molecule has 3 nitrogen and oxygen atoms in total. The van der Waals surface area contributed by atoms with Crippen LogP contribution in [0.1, 0.15) is 38.8 Å². The molecule has 2 unspecified atom stereocenters. The second kappa shape index (κ2) is 6.82. The van der Waals surface area contributed by atoms with Crippen molar-refractivity contribution >= 4 is 0 Å². The highest BCUT2D eigenvalue weighted by molar-refractivity contribution is 5.35. The molecule has 2 atom stereocenters. The average Bonchev–Trinajstić information content (AvgIpc) is 2.36. The Labute approximate surface area is 112 Å². The Morgan fingerprint density at radius 2 is 2.00 bits per heavy atom. The van der Waals surface area contributed by atoms with E-state index in [1.54, 1.807) is 25.1 Å². The summed E-state index contributed by atoms with van der Waals surface area (Å²) in [5, 5.41) is 13.0. The molecule has 0 fully saturated rings. The van der Waals surface area contributed by atoms with Crippen molar-refractivity contribution in [2.45, 2.75) is 45.4 Å². The first kappa shape index (κ1) is 15.9. The number of para-hydroxylation sites is 1. The smallest absolute Gasteiger partial charge is 0.387 e. The third-order valence-electron chi connectivity index (χ3n) is 3.15. The Hall–Kier alpha value is -1.20. The van der Waals surface area contributed by atoms with Gasteiger partial charge >= 0.3 is 6.61 Å². The van der Waals surface area contributed by atoms with Gasteiger partial charge in [0.25, 0.3) is 0 Å². The van der Waals surface area contributed by atoms with E-state index in [0.29, 0.717) is 18.5 Å². The van der Waals surface area contributed by atoms with Crippen LogP contribution in [-0.2, 0) is 0 Å². The van der Waals surface area contributed by atoms with Gasteiger partial charge in [0.1, 0.15) is 5.75 Å². The summed E-state index contributed by atoms with van der Waals surface area (Å²) in [6, 6.07) is 6.47. The van der Waals surface area contributed by atoms with E-state index in [1.807, 2.05) is 13.8 Å². The summed E-state index contributed by atoms with van der Waals surface area (Å²) in [6.07, 6.45) is 0.613. The highest BCUT2D eigenvalue weighted by Gasteiger charge is 2.20. The van der Waals surface area contributed by atoms with Crippen LogP contribution in [0, 0.1) is 0 Å². The predicted molar refractivity (Wildman–Crippen MR) is 70.4 cm³/mol. The predicted octanol–water partition coefficient (Wildman–Crippen LogP) is 3.10. The van der Waals surface area contributed by atoms with Crippen LogP contribution in [0.4, 0.5) is 8.78 Å².